The van der Waals surface area contributed by atoms with Gasteiger partial charge in [0, 0.05) is 0 Å². The molecule has 0 atom stereocenters. The first-order valence-electron chi connectivity index (χ1n) is 9.68. The van der Waals surface area contributed by atoms with Crippen molar-refractivity contribution in [1.82, 2.24) is 0 Å². The van der Waals surface area contributed by atoms with E-state index >= 15 is 0 Å². The molecule has 0 aliphatic rings. The van der Waals surface area contributed by atoms with E-state index in [1.807, 2.05) is 6.07 Å². The molecule has 29 heavy (non-hydrogen) atoms. The van der Waals surface area contributed by atoms with Crippen LogP contribution in [0.5, 0.6) is 5.75 Å². The molecule has 0 aliphatic heterocycles. The van der Waals surface area contributed by atoms with Crippen LogP contribution in [-0.2, 0) is 6.16 Å². The molecule has 4 aromatic rings. The zero-order valence-electron chi connectivity index (χ0n) is 16.4. The van der Waals surface area contributed by atoms with E-state index in [0.717, 1.165) is 11.9 Å². The van der Waals surface area contributed by atoms with Crippen LogP contribution >= 0.6 is 20.8 Å². The molecule has 1 nitrogen and oxygen atoms in total. The van der Waals surface area contributed by atoms with E-state index in [-0.39, 0.29) is 0 Å². The van der Waals surface area contributed by atoms with Gasteiger partial charge < -0.3 is 0 Å². The van der Waals surface area contributed by atoms with Gasteiger partial charge in [-0.15, -0.1) is 0 Å². The van der Waals surface area contributed by atoms with Gasteiger partial charge >= 0.3 is 181 Å². The summed E-state index contributed by atoms with van der Waals surface area (Å²) < 4.78 is 5.90. The normalized spacial score (nSPS) is 12.7. The third-order valence-corrected chi connectivity index (χ3v) is 14.9. The van der Waals surface area contributed by atoms with Gasteiger partial charge in [0.25, 0.3) is 0 Å². The Morgan fingerprint density at radius 1 is 0.621 bits per heavy atom. The molecule has 146 valence electrons. The predicted octanol–water partition coefficient (Wildman–Crippen LogP) is 6.03. The van der Waals surface area contributed by atoms with Gasteiger partial charge in [0.15, 0.2) is 0 Å². The second-order valence-corrected chi connectivity index (χ2v) is 16.1. The van der Waals surface area contributed by atoms with Crippen molar-refractivity contribution in [3.63, 3.8) is 0 Å². The minimum atomic E-state index is -3.06. The van der Waals surface area contributed by atoms with Crippen molar-refractivity contribution < 1.29 is 4.74 Å². The fraction of sp³-hybridized carbons (Fsp3) is 0.0769. The van der Waals surface area contributed by atoms with Gasteiger partial charge in [-0.3, -0.25) is 0 Å². The van der Waals surface area contributed by atoms with Crippen LogP contribution in [-0.4, -0.2) is 7.11 Å². The van der Waals surface area contributed by atoms with Crippen LogP contribution in [0.25, 0.3) is 0 Å². The van der Waals surface area contributed by atoms with Crippen LogP contribution in [0, 0.1) is 0 Å². The summed E-state index contributed by atoms with van der Waals surface area (Å²) in [5.74, 6) is 0.908. The van der Waals surface area contributed by atoms with Crippen LogP contribution < -0.4 is 20.7 Å². The molecule has 4 aromatic carbocycles. The van der Waals surface area contributed by atoms with E-state index in [9.17, 15) is 0 Å². The molecule has 0 heterocycles. The molecule has 0 bridgehead atoms. The van der Waals surface area contributed by atoms with Gasteiger partial charge in [0.05, 0.1) is 0 Å². The minimum absolute atomic E-state index is 0.862. The molecule has 0 N–H and O–H groups in total. The first-order chi connectivity index (χ1) is 14.2. The van der Waals surface area contributed by atoms with Gasteiger partial charge in [-0.2, -0.15) is 0 Å². The maximum atomic E-state index is 5.90. The van der Waals surface area contributed by atoms with E-state index in [4.69, 9.17) is 4.74 Å². The number of hydrogen-bond acceptors (Lipinski definition) is 1. The molecule has 0 amide bonds. The summed E-state index contributed by atoms with van der Waals surface area (Å²) in [6.45, 7) is 0. The van der Waals surface area contributed by atoms with Gasteiger partial charge in [-0.25, -0.2) is 0 Å². The van der Waals surface area contributed by atoms with Gasteiger partial charge in [0.2, 0.25) is 0 Å². The molecule has 0 fully saturated rings. The van der Waals surface area contributed by atoms with Gasteiger partial charge in [-0.1, -0.05) is 0 Å². The summed E-state index contributed by atoms with van der Waals surface area (Å²) in [4.78, 5) is 0. The number of ether oxygens (including phenoxy) is 1. The Hall–Kier alpha value is -2.41. The average molecular weight is 463 g/mol. The Morgan fingerprint density at radius 3 is 1.59 bits per heavy atom. The van der Waals surface area contributed by atoms with E-state index in [1.54, 1.807) is 7.11 Å². The SMILES string of the molecule is COc1ccccc1P(Br)(Cc1ccccc1)(c1ccccc1)c1ccccc1. The van der Waals surface area contributed by atoms with Crippen molar-refractivity contribution in [3.05, 3.63) is 121 Å². The Labute approximate surface area is 181 Å². The number of halogens is 1. The van der Waals surface area contributed by atoms with Crippen LogP contribution in [0.15, 0.2) is 115 Å². The first kappa shape index (κ1) is 19.9. The number of hydrogen-bond donors (Lipinski definition) is 0. The standard InChI is InChI=1S/C26H24BrOP/c1-28-25-19-11-12-20-26(25)29(27,23-15-7-3-8-16-23,24-17-9-4-10-18-24)21-22-13-5-2-6-14-22/h2-20H,21H2,1H3. The molecule has 4 rings (SSSR count). The molecular weight excluding hydrogens is 439 g/mol. The Kier molecular flexibility index (Phi) is 5.58. The second-order valence-electron chi connectivity index (χ2n) is 7.17. The van der Waals surface area contributed by atoms with Crippen molar-refractivity contribution in [3.8, 4) is 5.75 Å². The first-order valence-corrected chi connectivity index (χ1v) is 14.1. The van der Waals surface area contributed by atoms with E-state index in [1.165, 1.54) is 21.5 Å². The van der Waals surface area contributed by atoms with Crippen molar-refractivity contribution in [1.29, 1.82) is 0 Å². The molecule has 0 saturated carbocycles. The monoisotopic (exact) mass is 462 g/mol. The second kappa shape index (κ2) is 8.14. The summed E-state index contributed by atoms with van der Waals surface area (Å²) in [6, 6.07) is 40.8. The molecule has 0 aliphatic carbocycles. The summed E-state index contributed by atoms with van der Waals surface area (Å²) in [7, 11) is 1.76. The van der Waals surface area contributed by atoms with Crippen molar-refractivity contribution in [2.24, 2.45) is 0 Å². The summed E-state index contributed by atoms with van der Waals surface area (Å²) in [6.07, 6.45) is 0.862. The Balaban J connectivity index is 2.14. The number of para-hydroxylation sites is 1. The van der Waals surface area contributed by atoms with Crippen LogP contribution in [0.4, 0.5) is 0 Å². The van der Waals surface area contributed by atoms with Crippen LogP contribution in [0.1, 0.15) is 5.56 Å². The molecular formula is C26H24BrOP. The van der Waals surface area contributed by atoms with Gasteiger partial charge in [-0.05, 0) is 0 Å². The quantitative estimate of drug-likeness (QED) is 0.317. The molecule has 0 unspecified atom stereocenters. The third-order valence-electron chi connectivity index (χ3n) is 5.50. The predicted molar refractivity (Wildman–Crippen MR) is 131 cm³/mol. The van der Waals surface area contributed by atoms with E-state index < -0.39 is 5.31 Å². The molecule has 0 spiro atoms. The van der Waals surface area contributed by atoms with Crippen LogP contribution in [0.3, 0.4) is 0 Å². The average Bonchev–Trinajstić information content (AvgIpc) is 2.81. The Morgan fingerprint density at radius 2 is 1.07 bits per heavy atom. The number of rotatable bonds is 6. The fourth-order valence-corrected chi connectivity index (χ4v) is 12.2. The summed E-state index contributed by atoms with van der Waals surface area (Å²) in [5.41, 5.74) is 1.29. The number of benzene rings is 4. The van der Waals surface area contributed by atoms with Crippen LogP contribution in [0.2, 0.25) is 0 Å². The zero-order valence-corrected chi connectivity index (χ0v) is 18.9. The number of methoxy groups -OCH3 is 1. The Bertz CT molecular complexity index is 1040. The van der Waals surface area contributed by atoms with Crippen molar-refractivity contribution in [2.75, 3.05) is 7.11 Å². The summed E-state index contributed by atoms with van der Waals surface area (Å²) >= 11 is 4.50. The topological polar surface area (TPSA) is 9.23 Å². The van der Waals surface area contributed by atoms with Crippen molar-refractivity contribution in [2.45, 2.75) is 6.16 Å². The molecule has 0 aromatic heterocycles. The van der Waals surface area contributed by atoms with Crippen molar-refractivity contribution >= 4 is 36.7 Å². The van der Waals surface area contributed by atoms with E-state index in [2.05, 4.69) is 125 Å². The maximum absolute atomic E-state index is 5.90. The molecule has 0 saturated heterocycles. The fourth-order valence-electron chi connectivity index (χ4n) is 4.11. The molecule has 0 radical (unpaired) electrons. The summed E-state index contributed by atoms with van der Waals surface area (Å²) in [5, 5.41) is 0.728. The zero-order chi connectivity index (χ0) is 20.2. The van der Waals surface area contributed by atoms with E-state index in [0.29, 0.717) is 0 Å². The van der Waals surface area contributed by atoms with Gasteiger partial charge in [0.1, 0.15) is 0 Å². The molecule has 3 heteroatoms. The third kappa shape index (κ3) is 3.41.